The van der Waals surface area contributed by atoms with Gasteiger partial charge in [-0.05, 0) is 31.2 Å². The summed E-state index contributed by atoms with van der Waals surface area (Å²) in [6.45, 7) is 1.78. The Balaban J connectivity index is 1.93. The van der Waals surface area contributed by atoms with E-state index in [2.05, 4.69) is 9.97 Å². The average Bonchev–Trinajstić information content (AvgIpc) is 2.86. The maximum atomic E-state index is 13.3. The molecule has 0 amide bonds. The van der Waals surface area contributed by atoms with Crippen molar-refractivity contribution in [2.75, 3.05) is 0 Å². The smallest absolute Gasteiger partial charge is 0.267 e. The van der Waals surface area contributed by atoms with Gasteiger partial charge in [0.25, 0.3) is 5.88 Å². The molecule has 4 aromatic rings. The molecule has 4 rings (SSSR count). The van der Waals surface area contributed by atoms with Crippen molar-refractivity contribution in [3.05, 3.63) is 60.2 Å². The molecule has 5 heteroatoms. The quantitative estimate of drug-likeness (QED) is 0.541. The van der Waals surface area contributed by atoms with Crippen LogP contribution in [0.5, 0.6) is 11.6 Å². The number of fused-ring (bicyclic) bond motifs is 3. The number of benzene rings is 2. The third-order valence-electron chi connectivity index (χ3n) is 3.31. The lowest BCUT2D eigenvalue weighted by Gasteiger charge is -2.05. The third kappa shape index (κ3) is 2.07. The zero-order valence-electron chi connectivity index (χ0n) is 11.7. The van der Waals surface area contributed by atoms with Gasteiger partial charge in [-0.3, -0.25) is 0 Å². The summed E-state index contributed by atoms with van der Waals surface area (Å²) in [5.74, 6) is 0.832. The van der Waals surface area contributed by atoms with Gasteiger partial charge in [0.1, 0.15) is 28.5 Å². The molecule has 4 nitrogen and oxygen atoms in total. The molecule has 22 heavy (non-hydrogen) atoms. The number of rotatable bonds is 2. The van der Waals surface area contributed by atoms with Crippen molar-refractivity contribution >= 4 is 22.1 Å². The Morgan fingerprint density at radius 1 is 1.05 bits per heavy atom. The normalized spacial score (nSPS) is 11.2. The van der Waals surface area contributed by atoms with Gasteiger partial charge in [-0.2, -0.15) is 4.98 Å². The van der Waals surface area contributed by atoms with E-state index in [9.17, 15) is 4.39 Å². The van der Waals surface area contributed by atoms with Gasteiger partial charge in [0.15, 0.2) is 0 Å². The number of aryl methyl sites for hydroxylation is 1. The van der Waals surface area contributed by atoms with E-state index in [4.69, 9.17) is 9.15 Å². The van der Waals surface area contributed by atoms with Crippen molar-refractivity contribution in [2.45, 2.75) is 6.92 Å². The first-order chi connectivity index (χ1) is 10.7. The number of halogens is 1. The van der Waals surface area contributed by atoms with Crippen LogP contribution in [-0.2, 0) is 0 Å². The van der Waals surface area contributed by atoms with E-state index in [1.807, 2.05) is 24.3 Å². The van der Waals surface area contributed by atoms with Crippen LogP contribution in [-0.4, -0.2) is 9.97 Å². The molecule has 0 aliphatic rings. The highest BCUT2D eigenvalue weighted by Gasteiger charge is 2.16. The van der Waals surface area contributed by atoms with Gasteiger partial charge >= 0.3 is 0 Å². The monoisotopic (exact) mass is 294 g/mol. The van der Waals surface area contributed by atoms with E-state index >= 15 is 0 Å². The largest absolute Gasteiger partial charge is 0.449 e. The minimum atomic E-state index is -0.371. The summed E-state index contributed by atoms with van der Waals surface area (Å²) in [6.07, 6.45) is 0. The molecular formula is C17H11FN2O2. The van der Waals surface area contributed by atoms with Gasteiger partial charge in [-0.15, -0.1) is 0 Å². The Labute approximate surface area is 125 Å². The van der Waals surface area contributed by atoms with Crippen LogP contribution in [0.15, 0.2) is 52.9 Å². The summed E-state index contributed by atoms with van der Waals surface area (Å²) in [5, 5.41) is 0.895. The maximum absolute atomic E-state index is 13.3. The SMILES string of the molecule is Cc1nc(Oc2cccc(F)c2)c2oc3ccccc3c2n1. The number of para-hydroxylation sites is 1. The molecule has 2 aromatic heterocycles. The van der Waals surface area contributed by atoms with E-state index < -0.39 is 0 Å². The van der Waals surface area contributed by atoms with Crippen molar-refractivity contribution in [3.8, 4) is 11.6 Å². The number of nitrogens with zero attached hydrogens (tertiary/aromatic N) is 2. The lowest BCUT2D eigenvalue weighted by atomic mass is 10.2. The first-order valence-corrected chi connectivity index (χ1v) is 6.80. The van der Waals surface area contributed by atoms with Crippen molar-refractivity contribution in [1.82, 2.24) is 9.97 Å². The van der Waals surface area contributed by atoms with Crippen molar-refractivity contribution in [1.29, 1.82) is 0 Å². The van der Waals surface area contributed by atoms with E-state index in [1.54, 1.807) is 19.1 Å². The standard InChI is InChI=1S/C17H11FN2O2/c1-10-19-15-13-7-2-3-8-14(13)22-16(15)17(20-10)21-12-6-4-5-11(18)9-12/h2-9H,1H3. The van der Waals surface area contributed by atoms with Crippen molar-refractivity contribution in [3.63, 3.8) is 0 Å². The Bertz CT molecular complexity index is 994. The number of furan rings is 1. The molecule has 0 radical (unpaired) electrons. The highest BCUT2D eigenvalue weighted by molar-refractivity contribution is 6.03. The molecule has 0 bridgehead atoms. The van der Waals surface area contributed by atoms with Gasteiger partial charge in [-0.1, -0.05) is 18.2 Å². The van der Waals surface area contributed by atoms with Gasteiger partial charge in [-0.25, -0.2) is 9.37 Å². The number of hydrogen-bond acceptors (Lipinski definition) is 4. The Kier molecular flexibility index (Phi) is 2.79. The first kappa shape index (κ1) is 12.8. The summed E-state index contributed by atoms with van der Waals surface area (Å²) >= 11 is 0. The fourth-order valence-electron chi connectivity index (χ4n) is 2.38. The zero-order chi connectivity index (χ0) is 15.1. The molecule has 0 saturated heterocycles. The second-order valence-corrected chi connectivity index (χ2v) is 4.91. The lowest BCUT2D eigenvalue weighted by molar-refractivity contribution is 0.450. The summed E-state index contributed by atoms with van der Waals surface area (Å²) in [5.41, 5.74) is 1.85. The zero-order valence-corrected chi connectivity index (χ0v) is 11.7. The van der Waals surface area contributed by atoms with Crippen LogP contribution in [0.2, 0.25) is 0 Å². The van der Waals surface area contributed by atoms with Gasteiger partial charge in [0.2, 0.25) is 5.58 Å². The van der Waals surface area contributed by atoms with Gasteiger partial charge < -0.3 is 9.15 Å². The second-order valence-electron chi connectivity index (χ2n) is 4.91. The fraction of sp³-hybridized carbons (Fsp3) is 0.0588. The van der Waals surface area contributed by atoms with Crippen molar-refractivity contribution in [2.24, 2.45) is 0 Å². The summed E-state index contributed by atoms with van der Waals surface area (Å²) < 4.78 is 24.8. The minimum Gasteiger partial charge on any atom is -0.449 e. The first-order valence-electron chi connectivity index (χ1n) is 6.80. The maximum Gasteiger partial charge on any atom is 0.267 e. The molecule has 0 aliphatic carbocycles. The van der Waals surface area contributed by atoms with E-state index in [0.29, 0.717) is 28.3 Å². The second kappa shape index (κ2) is 4.80. The lowest BCUT2D eigenvalue weighted by Crippen LogP contribution is -1.94. The van der Waals surface area contributed by atoms with Crippen LogP contribution >= 0.6 is 0 Å². The highest BCUT2D eigenvalue weighted by atomic mass is 19.1. The van der Waals surface area contributed by atoms with Crippen molar-refractivity contribution < 1.29 is 13.5 Å². The molecular weight excluding hydrogens is 283 g/mol. The molecule has 0 unspecified atom stereocenters. The van der Waals surface area contributed by atoms with E-state index in [1.165, 1.54) is 12.1 Å². The van der Waals surface area contributed by atoms with E-state index in [-0.39, 0.29) is 11.7 Å². The average molecular weight is 294 g/mol. The minimum absolute atomic E-state index is 0.282. The van der Waals surface area contributed by atoms with Gasteiger partial charge in [0, 0.05) is 11.5 Å². The molecule has 0 fully saturated rings. The topological polar surface area (TPSA) is 48.2 Å². The molecule has 2 aromatic carbocycles. The summed E-state index contributed by atoms with van der Waals surface area (Å²) in [7, 11) is 0. The molecule has 0 aliphatic heterocycles. The van der Waals surface area contributed by atoms with Gasteiger partial charge in [0.05, 0.1) is 0 Å². The predicted molar refractivity (Wildman–Crippen MR) is 80.5 cm³/mol. The van der Waals surface area contributed by atoms with E-state index in [0.717, 1.165) is 5.39 Å². The summed E-state index contributed by atoms with van der Waals surface area (Å²) in [6, 6.07) is 13.5. The number of aromatic nitrogens is 2. The number of hydrogen-bond donors (Lipinski definition) is 0. The van der Waals surface area contributed by atoms with Crippen LogP contribution in [0.4, 0.5) is 4.39 Å². The Morgan fingerprint density at radius 2 is 1.91 bits per heavy atom. The fourth-order valence-corrected chi connectivity index (χ4v) is 2.38. The van der Waals surface area contributed by atoms with Crippen LogP contribution in [0.1, 0.15) is 5.82 Å². The Morgan fingerprint density at radius 3 is 2.77 bits per heavy atom. The number of ether oxygens (including phenoxy) is 1. The molecule has 0 atom stereocenters. The molecule has 0 N–H and O–H groups in total. The van der Waals surface area contributed by atoms with Crippen LogP contribution in [0.25, 0.3) is 22.1 Å². The third-order valence-corrected chi connectivity index (χ3v) is 3.31. The van der Waals surface area contributed by atoms with Crippen LogP contribution in [0.3, 0.4) is 0 Å². The molecule has 0 saturated carbocycles. The summed E-state index contributed by atoms with van der Waals surface area (Å²) in [4.78, 5) is 8.70. The van der Waals surface area contributed by atoms with Crippen LogP contribution in [0, 0.1) is 12.7 Å². The molecule has 108 valence electrons. The molecule has 0 spiro atoms. The van der Waals surface area contributed by atoms with Crippen LogP contribution < -0.4 is 4.74 Å². The molecule has 2 heterocycles. The predicted octanol–water partition coefficient (Wildman–Crippen LogP) is 4.62. The Hall–Kier alpha value is -2.95. The highest BCUT2D eigenvalue weighted by Crippen LogP contribution is 2.34.